The maximum absolute atomic E-state index is 12.7. The standard InChI is InChI=1S/C24H25NO6/c1-15(26)30-21-10-6-5-9-18(21)24(28)29-14-19-20-12-11-17(25-20)13-22(19)31-23(27)16-7-3-2-4-8-16/h2-10,17,19-20,22,25H,11-14H2,1H3/t17-,19-,20+,22+/m1/s1. The minimum Gasteiger partial charge on any atom is -0.461 e. The van der Waals surface area contributed by atoms with Gasteiger partial charge in [-0.15, -0.1) is 0 Å². The monoisotopic (exact) mass is 423 g/mol. The number of rotatable bonds is 6. The molecule has 31 heavy (non-hydrogen) atoms. The summed E-state index contributed by atoms with van der Waals surface area (Å²) >= 11 is 0. The number of hydrogen-bond acceptors (Lipinski definition) is 7. The lowest BCUT2D eigenvalue weighted by Gasteiger charge is -2.36. The van der Waals surface area contributed by atoms with Crippen molar-refractivity contribution in [2.75, 3.05) is 6.61 Å². The third kappa shape index (κ3) is 4.94. The van der Waals surface area contributed by atoms with Gasteiger partial charge in [-0.3, -0.25) is 4.79 Å². The number of nitrogens with one attached hydrogen (secondary N) is 1. The molecule has 7 heteroatoms. The van der Waals surface area contributed by atoms with E-state index in [1.807, 2.05) is 6.07 Å². The highest BCUT2D eigenvalue weighted by Gasteiger charge is 2.44. The third-order valence-electron chi connectivity index (χ3n) is 5.82. The first-order valence-electron chi connectivity index (χ1n) is 10.5. The highest BCUT2D eigenvalue weighted by atomic mass is 16.6. The van der Waals surface area contributed by atoms with Crippen molar-refractivity contribution in [1.82, 2.24) is 5.32 Å². The number of para-hydroxylation sites is 1. The van der Waals surface area contributed by atoms with E-state index in [2.05, 4.69) is 5.32 Å². The van der Waals surface area contributed by atoms with Crippen LogP contribution in [0.2, 0.25) is 0 Å². The highest BCUT2D eigenvalue weighted by Crippen LogP contribution is 2.34. The molecular weight excluding hydrogens is 398 g/mol. The number of carbonyl (C=O) groups excluding carboxylic acids is 3. The van der Waals surface area contributed by atoms with Crippen LogP contribution in [0, 0.1) is 5.92 Å². The Morgan fingerprint density at radius 3 is 2.48 bits per heavy atom. The summed E-state index contributed by atoms with van der Waals surface area (Å²) in [6.45, 7) is 1.38. The lowest BCUT2D eigenvalue weighted by atomic mass is 9.89. The van der Waals surface area contributed by atoms with Crippen LogP contribution in [0.25, 0.3) is 0 Å². The quantitative estimate of drug-likeness (QED) is 0.564. The number of benzene rings is 2. The number of ether oxygens (including phenoxy) is 3. The maximum Gasteiger partial charge on any atom is 0.341 e. The van der Waals surface area contributed by atoms with Gasteiger partial charge < -0.3 is 19.5 Å². The van der Waals surface area contributed by atoms with Crippen LogP contribution in [0.5, 0.6) is 5.75 Å². The van der Waals surface area contributed by atoms with Gasteiger partial charge in [-0.25, -0.2) is 9.59 Å². The van der Waals surface area contributed by atoms with Crippen LogP contribution in [0.3, 0.4) is 0 Å². The Balaban J connectivity index is 1.45. The molecule has 2 aliphatic heterocycles. The molecule has 0 aromatic heterocycles. The normalized spacial score (nSPS) is 24.3. The number of fused-ring (bicyclic) bond motifs is 2. The molecule has 2 aromatic carbocycles. The van der Waals surface area contributed by atoms with E-state index in [-0.39, 0.29) is 42.0 Å². The van der Waals surface area contributed by atoms with Crippen molar-refractivity contribution in [2.24, 2.45) is 5.92 Å². The molecule has 1 N–H and O–H groups in total. The van der Waals surface area contributed by atoms with Gasteiger partial charge in [0.15, 0.2) is 0 Å². The summed E-state index contributed by atoms with van der Waals surface area (Å²) in [7, 11) is 0. The van der Waals surface area contributed by atoms with E-state index in [4.69, 9.17) is 14.2 Å². The molecule has 2 aromatic rings. The summed E-state index contributed by atoms with van der Waals surface area (Å²) in [5.74, 6) is -1.46. The van der Waals surface area contributed by atoms with E-state index in [1.54, 1.807) is 48.5 Å². The Bertz CT molecular complexity index is 960. The van der Waals surface area contributed by atoms with Gasteiger partial charge in [0.1, 0.15) is 17.4 Å². The van der Waals surface area contributed by atoms with Crippen molar-refractivity contribution in [2.45, 2.75) is 44.4 Å². The van der Waals surface area contributed by atoms with E-state index >= 15 is 0 Å². The van der Waals surface area contributed by atoms with Gasteiger partial charge in [0.05, 0.1) is 12.2 Å². The number of piperidine rings is 1. The summed E-state index contributed by atoms with van der Waals surface area (Å²) in [6, 6.07) is 15.7. The zero-order chi connectivity index (χ0) is 21.8. The van der Waals surface area contributed by atoms with Gasteiger partial charge in [0.25, 0.3) is 0 Å². The second kappa shape index (κ2) is 9.31. The van der Waals surface area contributed by atoms with Crippen LogP contribution in [0.4, 0.5) is 0 Å². The van der Waals surface area contributed by atoms with Crippen LogP contribution in [-0.4, -0.2) is 42.7 Å². The summed E-state index contributed by atoms with van der Waals surface area (Å²) in [5, 5.41) is 3.53. The topological polar surface area (TPSA) is 90.9 Å². The van der Waals surface area contributed by atoms with Gasteiger partial charge in [-0.05, 0) is 37.1 Å². The van der Waals surface area contributed by atoms with E-state index in [1.165, 1.54) is 6.92 Å². The molecule has 4 rings (SSSR count). The van der Waals surface area contributed by atoms with E-state index in [9.17, 15) is 14.4 Å². The fourth-order valence-corrected chi connectivity index (χ4v) is 4.36. The van der Waals surface area contributed by atoms with E-state index in [0.29, 0.717) is 18.0 Å². The van der Waals surface area contributed by atoms with Crippen LogP contribution in [-0.2, 0) is 14.3 Å². The van der Waals surface area contributed by atoms with Gasteiger partial charge in [-0.1, -0.05) is 30.3 Å². The van der Waals surface area contributed by atoms with E-state index < -0.39 is 11.9 Å². The SMILES string of the molecule is CC(=O)Oc1ccccc1C(=O)OC[C@@H]1[C@@H]2CC[C@H](C[C@@H]1OC(=O)c1ccccc1)N2. The zero-order valence-corrected chi connectivity index (χ0v) is 17.3. The van der Waals surface area contributed by atoms with Gasteiger partial charge in [0.2, 0.25) is 0 Å². The summed E-state index contributed by atoms with van der Waals surface area (Å²) in [5.41, 5.74) is 0.683. The first kappa shape index (κ1) is 21.1. The minimum absolute atomic E-state index is 0.102. The Kier molecular flexibility index (Phi) is 6.32. The average Bonchev–Trinajstić information content (AvgIpc) is 3.16. The third-order valence-corrected chi connectivity index (χ3v) is 5.82. The van der Waals surface area contributed by atoms with Gasteiger partial charge >= 0.3 is 17.9 Å². The Labute approximate surface area is 180 Å². The number of hydrogen-bond donors (Lipinski definition) is 1. The van der Waals surface area contributed by atoms with Crippen molar-refractivity contribution < 1.29 is 28.6 Å². The summed E-state index contributed by atoms with van der Waals surface area (Å²) in [4.78, 5) is 36.6. The molecule has 2 heterocycles. The molecule has 0 amide bonds. The first-order valence-corrected chi connectivity index (χ1v) is 10.5. The minimum atomic E-state index is -0.579. The second-order valence-electron chi connectivity index (χ2n) is 7.95. The van der Waals surface area contributed by atoms with Gasteiger partial charge in [0, 0.05) is 31.3 Å². The molecular formula is C24H25NO6. The van der Waals surface area contributed by atoms with Crippen LogP contribution < -0.4 is 10.1 Å². The second-order valence-corrected chi connectivity index (χ2v) is 7.95. The Hall–Kier alpha value is -3.19. The van der Waals surface area contributed by atoms with Crippen LogP contribution in [0.15, 0.2) is 54.6 Å². The Morgan fingerprint density at radius 1 is 0.968 bits per heavy atom. The number of carbonyl (C=O) groups is 3. The molecule has 4 atom stereocenters. The lowest BCUT2D eigenvalue weighted by molar-refractivity contribution is -0.131. The summed E-state index contributed by atoms with van der Waals surface area (Å²) < 4.78 is 16.6. The Morgan fingerprint density at radius 2 is 1.71 bits per heavy atom. The maximum atomic E-state index is 12.7. The molecule has 162 valence electrons. The molecule has 2 fully saturated rings. The van der Waals surface area contributed by atoms with Crippen molar-refractivity contribution in [3.05, 3.63) is 65.7 Å². The zero-order valence-electron chi connectivity index (χ0n) is 17.3. The molecule has 0 radical (unpaired) electrons. The predicted octanol–water partition coefficient (Wildman–Crippen LogP) is 3.13. The molecule has 0 saturated carbocycles. The van der Waals surface area contributed by atoms with Crippen LogP contribution >= 0.6 is 0 Å². The van der Waals surface area contributed by atoms with Crippen molar-refractivity contribution in [1.29, 1.82) is 0 Å². The molecule has 2 bridgehead atoms. The van der Waals surface area contributed by atoms with Crippen LogP contribution in [0.1, 0.15) is 46.9 Å². The molecule has 0 unspecified atom stereocenters. The van der Waals surface area contributed by atoms with Crippen molar-refractivity contribution in [3.8, 4) is 5.75 Å². The van der Waals surface area contributed by atoms with E-state index in [0.717, 1.165) is 12.8 Å². The first-order chi connectivity index (χ1) is 15.0. The predicted molar refractivity (Wildman–Crippen MR) is 112 cm³/mol. The fraction of sp³-hybridized carbons (Fsp3) is 0.375. The summed E-state index contributed by atoms with van der Waals surface area (Å²) in [6.07, 6.45) is 2.28. The molecule has 0 aliphatic carbocycles. The fourth-order valence-electron chi connectivity index (χ4n) is 4.36. The molecule has 7 nitrogen and oxygen atoms in total. The largest absolute Gasteiger partial charge is 0.461 e. The van der Waals surface area contributed by atoms with Gasteiger partial charge in [-0.2, -0.15) is 0 Å². The number of esters is 3. The molecule has 2 saturated heterocycles. The molecule has 0 spiro atoms. The molecule has 2 aliphatic rings. The average molecular weight is 423 g/mol. The van der Waals surface area contributed by atoms with Crippen molar-refractivity contribution in [3.63, 3.8) is 0 Å². The highest BCUT2D eigenvalue weighted by molar-refractivity contribution is 5.93. The smallest absolute Gasteiger partial charge is 0.341 e. The van der Waals surface area contributed by atoms with Crippen molar-refractivity contribution >= 4 is 17.9 Å². The lowest BCUT2D eigenvalue weighted by Crippen LogP contribution is -2.51.